The molecule has 1 heterocycles. The molecule has 0 saturated heterocycles. The topological polar surface area (TPSA) is 62.5 Å². The van der Waals surface area contributed by atoms with Crippen LogP contribution in [0.2, 0.25) is 5.02 Å². The van der Waals surface area contributed by atoms with Crippen LogP contribution in [0.4, 0.5) is 0 Å². The molecule has 100 valence electrons. The number of carboxylic acids is 1. The summed E-state index contributed by atoms with van der Waals surface area (Å²) in [5.74, 6) is -0.412. The normalized spacial score (nSPS) is 12.3. The highest BCUT2D eigenvalue weighted by atomic mass is 35.5. The smallest absolute Gasteiger partial charge is 0.338 e. The summed E-state index contributed by atoms with van der Waals surface area (Å²) in [6, 6.07) is 9.15. The van der Waals surface area contributed by atoms with E-state index in [9.17, 15) is 4.79 Å². The summed E-state index contributed by atoms with van der Waals surface area (Å²) in [7, 11) is 0. The highest BCUT2D eigenvalue weighted by molar-refractivity contribution is 6.31. The van der Waals surface area contributed by atoms with Crippen LogP contribution in [0, 0.1) is 0 Å². The fourth-order valence-electron chi connectivity index (χ4n) is 1.78. The van der Waals surface area contributed by atoms with E-state index in [2.05, 4.69) is 5.32 Å². The Bertz CT molecular complexity index is 580. The van der Waals surface area contributed by atoms with Crippen molar-refractivity contribution in [3.63, 3.8) is 0 Å². The number of aromatic carboxylic acids is 1. The zero-order valence-electron chi connectivity index (χ0n) is 10.4. The SMILES string of the molecule is CC(NCc1cc(C(=O)O)co1)c1ccccc1Cl. The Morgan fingerprint density at radius 3 is 2.84 bits per heavy atom. The first-order valence-corrected chi connectivity index (χ1v) is 6.24. The fourth-order valence-corrected chi connectivity index (χ4v) is 2.07. The van der Waals surface area contributed by atoms with Gasteiger partial charge in [0.1, 0.15) is 12.0 Å². The van der Waals surface area contributed by atoms with E-state index in [-0.39, 0.29) is 11.6 Å². The Balaban J connectivity index is 1.98. The van der Waals surface area contributed by atoms with Gasteiger partial charge in [0, 0.05) is 11.1 Å². The van der Waals surface area contributed by atoms with E-state index in [4.69, 9.17) is 21.1 Å². The minimum Gasteiger partial charge on any atom is -0.478 e. The molecule has 19 heavy (non-hydrogen) atoms. The van der Waals surface area contributed by atoms with Crippen molar-refractivity contribution in [1.29, 1.82) is 0 Å². The monoisotopic (exact) mass is 279 g/mol. The van der Waals surface area contributed by atoms with E-state index >= 15 is 0 Å². The van der Waals surface area contributed by atoms with Crippen LogP contribution in [0.3, 0.4) is 0 Å². The van der Waals surface area contributed by atoms with E-state index in [0.29, 0.717) is 17.3 Å². The number of carbonyl (C=O) groups is 1. The quantitative estimate of drug-likeness (QED) is 0.879. The van der Waals surface area contributed by atoms with E-state index in [0.717, 1.165) is 5.56 Å². The first kappa shape index (κ1) is 13.6. The fraction of sp³-hybridized carbons (Fsp3) is 0.214. The average molecular weight is 280 g/mol. The van der Waals surface area contributed by atoms with E-state index < -0.39 is 5.97 Å². The van der Waals surface area contributed by atoms with Crippen molar-refractivity contribution in [3.05, 3.63) is 58.5 Å². The Kier molecular flexibility index (Phi) is 4.24. The summed E-state index contributed by atoms with van der Waals surface area (Å²) in [5, 5.41) is 12.7. The number of halogens is 1. The van der Waals surface area contributed by atoms with Crippen molar-refractivity contribution < 1.29 is 14.3 Å². The van der Waals surface area contributed by atoms with Gasteiger partial charge in [-0.1, -0.05) is 29.8 Å². The molecule has 2 rings (SSSR count). The van der Waals surface area contributed by atoms with Gasteiger partial charge in [-0.2, -0.15) is 0 Å². The Hall–Kier alpha value is -1.78. The molecule has 0 aliphatic rings. The van der Waals surface area contributed by atoms with E-state index in [1.165, 1.54) is 12.3 Å². The van der Waals surface area contributed by atoms with Gasteiger partial charge in [-0.25, -0.2) is 4.79 Å². The maximum absolute atomic E-state index is 10.7. The van der Waals surface area contributed by atoms with Gasteiger partial charge in [-0.3, -0.25) is 0 Å². The van der Waals surface area contributed by atoms with Gasteiger partial charge in [0.2, 0.25) is 0 Å². The molecule has 4 nitrogen and oxygen atoms in total. The Labute approximate surface area is 116 Å². The predicted molar refractivity (Wildman–Crippen MR) is 72.4 cm³/mol. The van der Waals surface area contributed by atoms with Gasteiger partial charge in [0.15, 0.2) is 0 Å². The van der Waals surface area contributed by atoms with Crippen molar-refractivity contribution in [3.8, 4) is 0 Å². The Morgan fingerprint density at radius 1 is 1.47 bits per heavy atom. The first-order chi connectivity index (χ1) is 9.08. The van der Waals surface area contributed by atoms with Crippen LogP contribution in [0.25, 0.3) is 0 Å². The maximum Gasteiger partial charge on any atom is 0.338 e. The molecule has 0 aliphatic heterocycles. The molecule has 0 amide bonds. The molecule has 2 N–H and O–H groups in total. The molecule has 1 aromatic heterocycles. The molecule has 0 saturated carbocycles. The summed E-state index contributed by atoms with van der Waals surface area (Å²) in [6.07, 6.45) is 1.24. The average Bonchev–Trinajstić information content (AvgIpc) is 2.85. The zero-order valence-corrected chi connectivity index (χ0v) is 11.1. The Morgan fingerprint density at radius 2 is 2.21 bits per heavy atom. The molecule has 0 fully saturated rings. The van der Waals surface area contributed by atoms with Crippen LogP contribution in [0.5, 0.6) is 0 Å². The molecule has 2 aromatic rings. The third-order valence-electron chi connectivity index (χ3n) is 2.85. The van der Waals surface area contributed by atoms with Crippen LogP contribution in [0.15, 0.2) is 41.0 Å². The van der Waals surface area contributed by atoms with Crippen LogP contribution in [0.1, 0.15) is 34.6 Å². The number of carboxylic acid groups (broad SMARTS) is 1. The third-order valence-corrected chi connectivity index (χ3v) is 3.20. The second kappa shape index (κ2) is 5.91. The number of furan rings is 1. The second-order valence-electron chi connectivity index (χ2n) is 4.23. The van der Waals surface area contributed by atoms with Crippen LogP contribution in [-0.2, 0) is 6.54 Å². The molecule has 0 radical (unpaired) electrons. The molecule has 5 heteroatoms. The molecule has 0 bridgehead atoms. The highest BCUT2D eigenvalue weighted by Gasteiger charge is 2.11. The van der Waals surface area contributed by atoms with Crippen LogP contribution in [-0.4, -0.2) is 11.1 Å². The van der Waals surface area contributed by atoms with Gasteiger partial charge in [-0.05, 0) is 24.6 Å². The lowest BCUT2D eigenvalue weighted by Gasteiger charge is -2.14. The summed E-state index contributed by atoms with van der Waals surface area (Å²) < 4.78 is 5.17. The van der Waals surface area contributed by atoms with Gasteiger partial charge in [0.05, 0.1) is 12.1 Å². The van der Waals surface area contributed by atoms with Crippen molar-refractivity contribution in [2.75, 3.05) is 0 Å². The number of hydrogen-bond acceptors (Lipinski definition) is 3. The van der Waals surface area contributed by atoms with E-state index in [1.54, 1.807) is 0 Å². The summed E-state index contributed by atoms with van der Waals surface area (Å²) in [5.41, 5.74) is 1.15. The molecule has 1 atom stereocenters. The molecule has 0 aliphatic carbocycles. The molecule has 0 spiro atoms. The number of nitrogens with one attached hydrogen (secondary N) is 1. The second-order valence-corrected chi connectivity index (χ2v) is 4.64. The highest BCUT2D eigenvalue weighted by Crippen LogP contribution is 2.22. The van der Waals surface area contributed by atoms with Crippen LogP contribution < -0.4 is 5.32 Å². The summed E-state index contributed by atoms with van der Waals surface area (Å²) in [4.78, 5) is 10.7. The van der Waals surface area contributed by atoms with Crippen LogP contribution >= 0.6 is 11.6 Å². The van der Waals surface area contributed by atoms with Gasteiger partial charge < -0.3 is 14.8 Å². The van der Waals surface area contributed by atoms with Gasteiger partial charge in [-0.15, -0.1) is 0 Å². The molecular weight excluding hydrogens is 266 g/mol. The minimum absolute atomic E-state index is 0.0482. The van der Waals surface area contributed by atoms with Gasteiger partial charge in [0.25, 0.3) is 0 Å². The predicted octanol–water partition coefficient (Wildman–Crippen LogP) is 3.48. The van der Waals surface area contributed by atoms with Crippen molar-refractivity contribution >= 4 is 17.6 Å². The third kappa shape index (κ3) is 3.36. The minimum atomic E-state index is -0.992. The molecular formula is C14H14ClNO3. The zero-order chi connectivity index (χ0) is 13.8. The lowest BCUT2D eigenvalue weighted by atomic mass is 10.1. The number of benzene rings is 1. The lowest BCUT2D eigenvalue weighted by molar-refractivity contribution is 0.0696. The maximum atomic E-state index is 10.7. The largest absolute Gasteiger partial charge is 0.478 e. The summed E-state index contributed by atoms with van der Waals surface area (Å²) in [6.45, 7) is 2.43. The van der Waals surface area contributed by atoms with Gasteiger partial charge >= 0.3 is 5.97 Å². The standard InChI is InChI=1S/C14H14ClNO3/c1-9(12-4-2-3-5-13(12)15)16-7-11-6-10(8-19-11)14(17)18/h2-6,8-9,16H,7H2,1H3,(H,17,18). The van der Waals surface area contributed by atoms with Crippen molar-refractivity contribution in [2.45, 2.75) is 19.5 Å². The van der Waals surface area contributed by atoms with Crippen molar-refractivity contribution in [1.82, 2.24) is 5.32 Å². The summed E-state index contributed by atoms with van der Waals surface area (Å²) >= 11 is 6.11. The number of hydrogen-bond donors (Lipinski definition) is 2. The lowest BCUT2D eigenvalue weighted by Crippen LogP contribution is -2.18. The first-order valence-electron chi connectivity index (χ1n) is 5.86. The molecule has 1 aromatic carbocycles. The number of rotatable bonds is 5. The molecule has 1 unspecified atom stereocenters. The van der Waals surface area contributed by atoms with Crippen molar-refractivity contribution in [2.24, 2.45) is 0 Å². The van der Waals surface area contributed by atoms with E-state index in [1.807, 2.05) is 31.2 Å².